The van der Waals surface area contributed by atoms with E-state index in [9.17, 15) is 19.5 Å². The molecule has 0 aliphatic carbocycles. The molecule has 2 saturated heterocycles. The number of likely N-dealkylation sites (N-methyl/N-ethyl adjacent to an activating group) is 1. The first-order valence-corrected chi connectivity index (χ1v) is 10.1. The number of piperidine rings is 2. The number of aliphatic hydroxyl groups excluding tert-OH is 1. The Bertz CT molecular complexity index is 756. The number of benzene rings is 1. The third-order valence-electron chi connectivity index (χ3n) is 5.81. The van der Waals surface area contributed by atoms with Crippen LogP contribution in [0.25, 0.3) is 0 Å². The Hall–Kier alpha value is -2.61. The summed E-state index contributed by atoms with van der Waals surface area (Å²) in [6.07, 6.45) is 1.49. The largest absolute Gasteiger partial charge is 0.484 e. The first kappa shape index (κ1) is 21.1. The van der Waals surface area contributed by atoms with Gasteiger partial charge in [0.25, 0.3) is 5.91 Å². The molecule has 8 heteroatoms. The standard InChI is InChI=1S/C21H29N3O5/c1-3-18(26)22-15-4-6-17(7-5-15)29-14-19(27)24-10-8-21(9-11-24)12-16(25)13-23(2)20(21)28/h4-7,16,25H,3,8-14H2,1-2H3,(H,22,26). The van der Waals surface area contributed by atoms with E-state index in [4.69, 9.17) is 4.74 Å². The number of amides is 3. The third kappa shape index (κ3) is 4.87. The zero-order valence-electron chi connectivity index (χ0n) is 17.0. The number of carbonyl (C=O) groups excluding carboxylic acids is 3. The van der Waals surface area contributed by atoms with Crippen LogP contribution in [-0.4, -0.2) is 72.0 Å². The molecule has 29 heavy (non-hydrogen) atoms. The maximum absolute atomic E-state index is 12.6. The molecule has 2 aliphatic rings. The molecule has 3 amide bonds. The van der Waals surface area contributed by atoms with Gasteiger partial charge < -0.3 is 25.0 Å². The van der Waals surface area contributed by atoms with Crippen LogP contribution in [-0.2, 0) is 14.4 Å². The Kier molecular flexibility index (Phi) is 6.42. The summed E-state index contributed by atoms with van der Waals surface area (Å²) in [7, 11) is 1.72. The molecule has 1 aromatic rings. The fraction of sp³-hybridized carbons (Fsp3) is 0.571. The molecule has 158 valence electrons. The van der Waals surface area contributed by atoms with Crippen LogP contribution >= 0.6 is 0 Å². The van der Waals surface area contributed by atoms with Crippen molar-refractivity contribution in [2.24, 2.45) is 5.41 Å². The summed E-state index contributed by atoms with van der Waals surface area (Å²) in [5, 5.41) is 12.8. The number of carbonyl (C=O) groups is 3. The third-order valence-corrected chi connectivity index (χ3v) is 5.81. The van der Waals surface area contributed by atoms with Gasteiger partial charge in [0.15, 0.2) is 6.61 Å². The molecular formula is C21H29N3O5. The molecule has 0 bridgehead atoms. The van der Waals surface area contributed by atoms with E-state index in [-0.39, 0.29) is 24.3 Å². The zero-order valence-corrected chi connectivity index (χ0v) is 17.0. The number of β-amino-alcohol motifs (C(OH)–C–C–N with tert-alkyl or cyclic N) is 1. The summed E-state index contributed by atoms with van der Waals surface area (Å²) in [5.74, 6) is 0.433. The number of ether oxygens (including phenoxy) is 1. The quantitative estimate of drug-likeness (QED) is 0.771. The van der Waals surface area contributed by atoms with E-state index in [2.05, 4.69) is 5.32 Å². The highest BCUT2D eigenvalue weighted by molar-refractivity contribution is 5.90. The molecular weight excluding hydrogens is 374 g/mol. The second kappa shape index (κ2) is 8.82. The Morgan fingerprint density at radius 2 is 1.90 bits per heavy atom. The fourth-order valence-corrected chi connectivity index (χ4v) is 4.13. The summed E-state index contributed by atoms with van der Waals surface area (Å²) >= 11 is 0. The maximum Gasteiger partial charge on any atom is 0.260 e. The smallest absolute Gasteiger partial charge is 0.260 e. The molecule has 0 aromatic heterocycles. The van der Waals surface area contributed by atoms with E-state index in [1.165, 1.54) is 0 Å². The molecule has 1 aromatic carbocycles. The van der Waals surface area contributed by atoms with Crippen LogP contribution in [0.4, 0.5) is 5.69 Å². The van der Waals surface area contributed by atoms with Gasteiger partial charge in [-0.15, -0.1) is 0 Å². The molecule has 1 spiro atoms. The predicted molar refractivity (Wildman–Crippen MR) is 107 cm³/mol. The SMILES string of the molecule is CCC(=O)Nc1ccc(OCC(=O)N2CCC3(CC2)CC(O)CN(C)C3=O)cc1. The molecule has 0 saturated carbocycles. The Morgan fingerprint density at radius 1 is 1.24 bits per heavy atom. The molecule has 1 atom stereocenters. The van der Waals surface area contributed by atoms with E-state index in [1.54, 1.807) is 48.0 Å². The Balaban J connectivity index is 1.49. The summed E-state index contributed by atoms with van der Waals surface area (Å²) in [6, 6.07) is 6.88. The van der Waals surface area contributed by atoms with Crippen LogP contribution in [0.1, 0.15) is 32.6 Å². The average Bonchev–Trinajstić information content (AvgIpc) is 2.71. The maximum atomic E-state index is 12.6. The van der Waals surface area contributed by atoms with Crippen molar-refractivity contribution in [2.75, 3.05) is 38.6 Å². The Labute approximate surface area is 170 Å². The molecule has 8 nitrogen and oxygen atoms in total. The fourth-order valence-electron chi connectivity index (χ4n) is 4.13. The average molecular weight is 403 g/mol. The number of nitrogens with one attached hydrogen (secondary N) is 1. The number of hydrogen-bond donors (Lipinski definition) is 2. The first-order chi connectivity index (χ1) is 13.8. The highest BCUT2D eigenvalue weighted by atomic mass is 16.5. The van der Waals surface area contributed by atoms with Crippen molar-refractivity contribution in [2.45, 2.75) is 38.7 Å². The van der Waals surface area contributed by atoms with Gasteiger partial charge in [-0.25, -0.2) is 0 Å². The summed E-state index contributed by atoms with van der Waals surface area (Å²) < 4.78 is 5.58. The lowest BCUT2D eigenvalue weighted by Crippen LogP contribution is -2.57. The summed E-state index contributed by atoms with van der Waals surface area (Å²) in [5.41, 5.74) is 0.129. The number of aliphatic hydroxyl groups is 1. The van der Waals surface area contributed by atoms with E-state index in [0.29, 0.717) is 56.8 Å². The summed E-state index contributed by atoms with van der Waals surface area (Å²) in [6.45, 7) is 3.04. The van der Waals surface area contributed by atoms with Crippen molar-refractivity contribution in [3.05, 3.63) is 24.3 Å². The number of rotatable bonds is 5. The molecule has 0 radical (unpaired) electrons. The highest BCUT2D eigenvalue weighted by Gasteiger charge is 2.47. The normalized spacial score (nSPS) is 21.2. The van der Waals surface area contributed by atoms with Gasteiger partial charge >= 0.3 is 0 Å². The lowest BCUT2D eigenvalue weighted by molar-refractivity contribution is -0.157. The molecule has 3 rings (SSSR count). The lowest BCUT2D eigenvalue weighted by Gasteiger charge is -2.46. The van der Waals surface area contributed by atoms with Gasteiger partial charge in [0.2, 0.25) is 11.8 Å². The summed E-state index contributed by atoms with van der Waals surface area (Å²) in [4.78, 5) is 39.8. The predicted octanol–water partition coefficient (Wildman–Crippen LogP) is 1.25. The van der Waals surface area contributed by atoms with Crippen LogP contribution < -0.4 is 10.1 Å². The molecule has 2 aliphatic heterocycles. The monoisotopic (exact) mass is 403 g/mol. The van der Waals surface area contributed by atoms with E-state index >= 15 is 0 Å². The lowest BCUT2D eigenvalue weighted by atomic mass is 9.71. The second-order valence-electron chi connectivity index (χ2n) is 7.92. The number of likely N-dealkylation sites (tertiary alicyclic amines) is 2. The van der Waals surface area contributed by atoms with Gasteiger partial charge in [-0.3, -0.25) is 14.4 Å². The van der Waals surface area contributed by atoms with Crippen LogP contribution in [0, 0.1) is 5.41 Å². The van der Waals surface area contributed by atoms with E-state index < -0.39 is 11.5 Å². The van der Waals surface area contributed by atoms with Crippen LogP contribution in [0.5, 0.6) is 5.75 Å². The highest BCUT2D eigenvalue weighted by Crippen LogP contribution is 2.40. The topological polar surface area (TPSA) is 99.2 Å². The van der Waals surface area contributed by atoms with Crippen molar-refractivity contribution in [3.8, 4) is 5.75 Å². The van der Waals surface area contributed by atoms with Crippen LogP contribution in [0.2, 0.25) is 0 Å². The van der Waals surface area contributed by atoms with Gasteiger partial charge in [0.05, 0.1) is 11.5 Å². The van der Waals surface area contributed by atoms with Crippen molar-refractivity contribution in [1.82, 2.24) is 9.80 Å². The van der Waals surface area contributed by atoms with Crippen molar-refractivity contribution in [3.63, 3.8) is 0 Å². The minimum absolute atomic E-state index is 0.0631. The van der Waals surface area contributed by atoms with E-state index in [0.717, 1.165) is 0 Å². The van der Waals surface area contributed by atoms with Crippen molar-refractivity contribution >= 4 is 23.4 Å². The van der Waals surface area contributed by atoms with Gasteiger partial charge in [-0.05, 0) is 43.5 Å². The molecule has 1 unspecified atom stereocenters. The van der Waals surface area contributed by atoms with Gasteiger partial charge in [-0.1, -0.05) is 6.92 Å². The molecule has 2 N–H and O–H groups in total. The molecule has 2 heterocycles. The molecule has 2 fully saturated rings. The first-order valence-electron chi connectivity index (χ1n) is 10.1. The number of hydrogen-bond acceptors (Lipinski definition) is 5. The Morgan fingerprint density at radius 3 is 2.52 bits per heavy atom. The minimum Gasteiger partial charge on any atom is -0.484 e. The zero-order chi connectivity index (χ0) is 21.0. The van der Waals surface area contributed by atoms with Crippen LogP contribution in [0.15, 0.2) is 24.3 Å². The van der Waals surface area contributed by atoms with E-state index in [1.807, 2.05) is 0 Å². The van der Waals surface area contributed by atoms with Gasteiger partial charge in [0.1, 0.15) is 5.75 Å². The number of anilines is 1. The van der Waals surface area contributed by atoms with Gasteiger partial charge in [-0.2, -0.15) is 0 Å². The van der Waals surface area contributed by atoms with Gasteiger partial charge in [0, 0.05) is 38.8 Å². The minimum atomic E-state index is -0.553. The van der Waals surface area contributed by atoms with Crippen LogP contribution in [0.3, 0.4) is 0 Å². The second-order valence-corrected chi connectivity index (χ2v) is 7.92. The van der Waals surface area contributed by atoms with Crippen molar-refractivity contribution in [1.29, 1.82) is 0 Å². The van der Waals surface area contributed by atoms with Crippen molar-refractivity contribution < 1.29 is 24.2 Å². The number of nitrogens with zero attached hydrogens (tertiary/aromatic N) is 2.